The number of nitrogens with zero attached hydrogens (tertiary/aromatic N) is 1. The fourth-order valence-corrected chi connectivity index (χ4v) is 1.92. The van der Waals surface area contributed by atoms with Crippen LogP contribution in [0.25, 0.3) is 0 Å². The topological polar surface area (TPSA) is 54.4 Å². The summed E-state index contributed by atoms with van der Waals surface area (Å²) in [7, 11) is 1.60. The number of phenolic OH excluding ortho intramolecular Hbond substituents is 1. The Labute approximate surface area is 113 Å². The first-order chi connectivity index (χ1) is 9.22. The third-order valence-corrected chi connectivity index (χ3v) is 2.99. The van der Waals surface area contributed by atoms with Gasteiger partial charge in [0.25, 0.3) is 0 Å². The molecule has 1 aromatic carbocycles. The minimum atomic E-state index is 0.191. The van der Waals surface area contributed by atoms with Gasteiger partial charge < -0.3 is 15.2 Å². The number of methoxy groups -OCH3 is 1. The molecule has 19 heavy (non-hydrogen) atoms. The largest absolute Gasteiger partial charge is 0.508 e. The van der Waals surface area contributed by atoms with Crippen molar-refractivity contribution in [2.24, 2.45) is 0 Å². The van der Waals surface area contributed by atoms with Crippen LogP contribution in [0.1, 0.15) is 24.9 Å². The Morgan fingerprint density at radius 3 is 2.47 bits per heavy atom. The van der Waals surface area contributed by atoms with Gasteiger partial charge in [-0.1, -0.05) is 19.1 Å². The van der Waals surface area contributed by atoms with E-state index in [-0.39, 0.29) is 11.8 Å². The molecule has 0 fully saturated rings. The van der Waals surface area contributed by atoms with E-state index in [4.69, 9.17) is 4.74 Å². The van der Waals surface area contributed by atoms with Crippen molar-refractivity contribution in [1.29, 1.82) is 0 Å². The first-order valence-corrected chi connectivity index (χ1v) is 6.28. The second-order valence-corrected chi connectivity index (χ2v) is 4.29. The molecule has 2 rings (SSSR count). The van der Waals surface area contributed by atoms with Gasteiger partial charge in [-0.3, -0.25) is 0 Å². The lowest BCUT2D eigenvalue weighted by Crippen LogP contribution is -2.09. The van der Waals surface area contributed by atoms with Gasteiger partial charge in [-0.2, -0.15) is 0 Å². The number of hydrogen-bond acceptors (Lipinski definition) is 4. The molecule has 1 unspecified atom stereocenters. The molecule has 0 radical (unpaired) electrons. The second-order valence-electron chi connectivity index (χ2n) is 4.29. The molecule has 4 nitrogen and oxygen atoms in total. The minimum absolute atomic E-state index is 0.191. The number of hydrogen-bond donors (Lipinski definition) is 2. The zero-order chi connectivity index (χ0) is 13.7. The number of phenols is 1. The number of anilines is 1. The van der Waals surface area contributed by atoms with Gasteiger partial charge in [-0.15, -0.1) is 0 Å². The Kier molecular flexibility index (Phi) is 4.23. The molecule has 0 spiro atoms. The van der Waals surface area contributed by atoms with Crippen molar-refractivity contribution in [1.82, 2.24) is 4.98 Å². The zero-order valence-corrected chi connectivity index (χ0v) is 11.1. The summed E-state index contributed by atoms with van der Waals surface area (Å²) in [5.41, 5.74) is 2.08. The van der Waals surface area contributed by atoms with E-state index < -0.39 is 0 Å². The highest BCUT2D eigenvalue weighted by atomic mass is 16.5. The lowest BCUT2D eigenvalue weighted by Gasteiger charge is -2.18. The van der Waals surface area contributed by atoms with Crippen LogP contribution in [0.4, 0.5) is 5.69 Å². The monoisotopic (exact) mass is 258 g/mol. The maximum absolute atomic E-state index is 9.31. The molecule has 1 atom stereocenters. The first kappa shape index (κ1) is 13.2. The molecule has 0 amide bonds. The summed E-state index contributed by atoms with van der Waals surface area (Å²) in [6.45, 7) is 2.11. The average molecular weight is 258 g/mol. The van der Waals surface area contributed by atoms with E-state index in [0.29, 0.717) is 5.88 Å². The van der Waals surface area contributed by atoms with Crippen LogP contribution < -0.4 is 10.1 Å². The van der Waals surface area contributed by atoms with Gasteiger partial charge in [0.2, 0.25) is 5.88 Å². The first-order valence-electron chi connectivity index (χ1n) is 6.28. The van der Waals surface area contributed by atoms with Crippen molar-refractivity contribution in [3.63, 3.8) is 0 Å². The van der Waals surface area contributed by atoms with Crippen LogP contribution in [0.15, 0.2) is 42.6 Å². The fraction of sp³-hybridized carbons (Fsp3) is 0.267. The van der Waals surface area contributed by atoms with Crippen LogP contribution >= 0.6 is 0 Å². The summed E-state index contributed by atoms with van der Waals surface area (Å²) >= 11 is 0. The number of benzene rings is 1. The molecule has 1 aromatic heterocycles. The molecule has 100 valence electrons. The highest BCUT2D eigenvalue weighted by Gasteiger charge is 2.09. The number of nitrogens with one attached hydrogen (secondary N) is 1. The van der Waals surface area contributed by atoms with Gasteiger partial charge in [0.05, 0.1) is 25.0 Å². The van der Waals surface area contributed by atoms with Crippen LogP contribution in [0, 0.1) is 0 Å². The summed E-state index contributed by atoms with van der Waals surface area (Å²) in [6, 6.07) is 11.2. The van der Waals surface area contributed by atoms with Crippen LogP contribution in [-0.4, -0.2) is 17.2 Å². The maximum atomic E-state index is 9.31. The van der Waals surface area contributed by atoms with Crippen molar-refractivity contribution in [2.75, 3.05) is 12.4 Å². The molecular formula is C15H18N2O2. The van der Waals surface area contributed by atoms with Gasteiger partial charge in [0.15, 0.2) is 0 Å². The van der Waals surface area contributed by atoms with Crippen LogP contribution in [-0.2, 0) is 0 Å². The average Bonchev–Trinajstić information content (AvgIpc) is 2.46. The van der Waals surface area contributed by atoms with E-state index in [0.717, 1.165) is 17.7 Å². The van der Waals surface area contributed by atoms with E-state index >= 15 is 0 Å². The molecule has 0 aliphatic heterocycles. The van der Waals surface area contributed by atoms with Gasteiger partial charge in [-0.05, 0) is 30.2 Å². The predicted octanol–water partition coefficient (Wildman–Crippen LogP) is 3.36. The lowest BCUT2D eigenvalue weighted by atomic mass is 10.0. The van der Waals surface area contributed by atoms with Crippen LogP contribution in [0.5, 0.6) is 11.6 Å². The van der Waals surface area contributed by atoms with Crippen LogP contribution in [0.2, 0.25) is 0 Å². The molecule has 2 N–H and O–H groups in total. The van der Waals surface area contributed by atoms with Crippen molar-refractivity contribution in [3.05, 3.63) is 48.2 Å². The number of ether oxygens (including phenoxy) is 1. The molecule has 0 saturated heterocycles. The molecule has 0 aliphatic rings. The normalized spacial score (nSPS) is 11.9. The van der Waals surface area contributed by atoms with Crippen LogP contribution in [0.3, 0.4) is 0 Å². The molecule has 1 heterocycles. The predicted molar refractivity (Wildman–Crippen MR) is 75.6 cm³/mol. The van der Waals surface area contributed by atoms with Gasteiger partial charge in [0, 0.05) is 6.07 Å². The molecular weight excluding hydrogens is 240 g/mol. The quantitative estimate of drug-likeness (QED) is 0.863. The summed E-state index contributed by atoms with van der Waals surface area (Å²) in [4.78, 5) is 4.17. The van der Waals surface area contributed by atoms with E-state index in [1.165, 1.54) is 0 Å². The number of aromatic hydroxyl groups is 1. The second kappa shape index (κ2) is 6.09. The smallest absolute Gasteiger partial charge is 0.213 e. The van der Waals surface area contributed by atoms with Crippen molar-refractivity contribution < 1.29 is 9.84 Å². The summed E-state index contributed by atoms with van der Waals surface area (Å²) in [6.07, 6.45) is 2.69. The number of aromatic nitrogens is 1. The highest BCUT2D eigenvalue weighted by Crippen LogP contribution is 2.24. The van der Waals surface area contributed by atoms with E-state index in [2.05, 4.69) is 17.2 Å². The third-order valence-electron chi connectivity index (χ3n) is 2.99. The lowest BCUT2D eigenvalue weighted by molar-refractivity contribution is 0.398. The fourth-order valence-electron chi connectivity index (χ4n) is 1.92. The summed E-state index contributed by atoms with van der Waals surface area (Å²) in [5, 5.41) is 12.7. The summed E-state index contributed by atoms with van der Waals surface area (Å²) in [5.74, 6) is 0.882. The van der Waals surface area contributed by atoms with E-state index in [1.807, 2.05) is 24.3 Å². The van der Waals surface area contributed by atoms with Gasteiger partial charge in [0.1, 0.15) is 5.75 Å². The highest BCUT2D eigenvalue weighted by molar-refractivity contribution is 5.45. The minimum Gasteiger partial charge on any atom is -0.508 e. The van der Waals surface area contributed by atoms with Crippen molar-refractivity contribution in [2.45, 2.75) is 19.4 Å². The molecule has 0 aliphatic carbocycles. The van der Waals surface area contributed by atoms with Gasteiger partial charge in [-0.25, -0.2) is 4.98 Å². The maximum Gasteiger partial charge on any atom is 0.213 e. The van der Waals surface area contributed by atoms with Crippen molar-refractivity contribution in [3.8, 4) is 11.6 Å². The number of pyridine rings is 1. The third kappa shape index (κ3) is 3.37. The van der Waals surface area contributed by atoms with E-state index in [1.54, 1.807) is 25.4 Å². The Bertz CT molecular complexity index is 509. The van der Waals surface area contributed by atoms with E-state index in [9.17, 15) is 5.11 Å². The summed E-state index contributed by atoms with van der Waals surface area (Å²) < 4.78 is 5.03. The molecule has 4 heteroatoms. The Morgan fingerprint density at radius 2 is 1.95 bits per heavy atom. The Balaban J connectivity index is 2.11. The SMILES string of the molecule is CCC(Nc1ccc(OC)nc1)c1ccc(O)cc1. The number of rotatable bonds is 5. The molecule has 2 aromatic rings. The van der Waals surface area contributed by atoms with Crippen molar-refractivity contribution >= 4 is 5.69 Å². The Morgan fingerprint density at radius 1 is 1.21 bits per heavy atom. The zero-order valence-electron chi connectivity index (χ0n) is 11.1. The standard InChI is InChI=1S/C15H18N2O2/c1-3-14(11-4-7-13(18)8-5-11)17-12-6-9-15(19-2)16-10-12/h4-10,14,17-18H,3H2,1-2H3. The molecule has 0 bridgehead atoms. The Hall–Kier alpha value is -2.23. The molecule has 0 saturated carbocycles. The van der Waals surface area contributed by atoms with Gasteiger partial charge >= 0.3 is 0 Å².